The molecule has 13 heteroatoms. The summed E-state index contributed by atoms with van der Waals surface area (Å²) in [4.78, 5) is 37.6. The van der Waals surface area contributed by atoms with Crippen molar-refractivity contribution in [1.82, 2.24) is 19.7 Å². The maximum absolute atomic E-state index is 14.3. The molecule has 2 N–H and O–H groups in total. The molecular formula is C19H7Cl2F2N5O4. The quantitative estimate of drug-likeness (QED) is 0.465. The van der Waals surface area contributed by atoms with Crippen LogP contribution in [0.4, 0.5) is 8.78 Å². The molecule has 0 aliphatic heterocycles. The van der Waals surface area contributed by atoms with Crippen LogP contribution in [0.15, 0.2) is 44.8 Å². The van der Waals surface area contributed by atoms with Crippen molar-refractivity contribution in [2.24, 2.45) is 0 Å². The van der Waals surface area contributed by atoms with Crippen LogP contribution in [0.25, 0.3) is 16.5 Å². The van der Waals surface area contributed by atoms with Crippen LogP contribution in [0, 0.1) is 23.0 Å². The summed E-state index contributed by atoms with van der Waals surface area (Å²) in [6, 6.07) is 5.65. The predicted molar refractivity (Wildman–Crippen MR) is 110 cm³/mol. The number of ether oxygens (including phenoxy) is 1. The molecule has 0 bridgehead atoms. The molecule has 9 nitrogen and oxygen atoms in total. The van der Waals surface area contributed by atoms with Crippen molar-refractivity contribution in [1.29, 1.82) is 5.26 Å². The van der Waals surface area contributed by atoms with Crippen LogP contribution in [0.3, 0.4) is 0 Å². The summed E-state index contributed by atoms with van der Waals surface area (Å²) in [6.45, 7) is 0. The molecule has 0 spiro atoms. The van der Waals surface area contributed by atoms with Crippen LogP contribution in [0.2, 0.25) is 10.0 Å². The van der Waals surface area contributed by atoms with Crippen molar-refractivity contribution in [3.05, 3.63) is 88.9 Å². The lowest BCUT2D eigenvalue weighted by atomic mass is 10.1. The van der Waals surface area contributed by atoms with Crippen molar-refractivity contribution < 1.29 is 13.5 Å². The van der Waals surface area contributed by atoms with Gasteiger partial charge in [-0.25, -0.2) is 18.7 Å². The molecule has 4 rings (SSSR count). The summed E-state index contributed by atoms with van der Waals surface area (Å²) in [7, 11) is 0. The number of nitriles is 1. The first kappa shape index (κ1) is 21.2. The molecule has 2 heterocycles. The van der Waals surface area contributed by atoms with E-state index >= 15 is 0 Å². The van der Waals surface area contributed by atoms with Crippen molar-refractivity contribution in [3.8, 4) is 23.4 Å². The molecule has 0 unspecified atom stereocenters. The van der Waals surface area contributed by atoms with Crippen LogP contribution in [0.1, 0.15) is 5.56 Å². The van der Waals surface area contributed by atoms with E-state index in [1.165, 1.54) is 12.1 Å². The summed E-state index contributed by atoms with van der Waals surface area (Å²) in [5.74, 6) is -2.71. The highest BCUT2D eigenvalue weighted by Crippen LogP contribution is 2.39. The largest absolute Gasteiger partial charge is 0.434 e. The smallest absolute Gasteiger partial charge is 0.332 e. The Balaban J connectivity index is 1.86. The number of benzene rings is 2. The van der Waals surface area contributed by atoms with Gasteiger partial charge in [0.1, 0.15) is 23.3 Å². The molecule has 2 aromatic carbocycles. The maximum atomic E-state index is 14.3. The van der Waals surface area contributed by atoms with E-state index in [9.17, 15) is 23.2 Å². The molecule has 0 aliphatic rings. The van der Waals surface area contributed by atoms with Crippen LogP contribution in [0.5, 0.6) is 11.6 Å². The van der Waals surface area contributed by atoms with Gasteiger partial charge in [-0.2, -0.15) is 5.26 Å². The van der Waals surface area contributed by atoms with Crippen LogP contribution < -0.4 is 21.5 Å². The van der Waals surface area contributed by atoms with Gasteiger partial charge in [-0.15, -0.1) is 5.10 Å². The third kappa shape index (κ3) is 3.51. The Bertz CT molecular complexity index is 1620. The monoisotopic (exact) mass is 477 g/mol. The van der Waals surface area contributed by atoms with Gasteiger partial charge in [-0.3, -0.25) is 19.1 Å². The van der Waals surface area contributed by atoms with E-state index in [0.29, 0.717) is 0 Å². The minimum atomic E-state index is -0.992. The van der Waals surface area contributed by atoms with Gasteiger partial charge in [-0.1, -0.05) is 23.2 Å². The molecular weight excluding hydrogens is 471 g/mol. The zero-order valence-corrected chi connectivity index (χ0v) is 16.9. The van der Waals surface area contributed by atoms with E-state index in [1.54, 1.807) is 6.07 Å². The molecule has 0 amide bonds. The fraction of sp³-hybridized carbons (Fsp3) is 0. The number of halogens is 4. The Morgan fingerprint density at radius 3 is 2.28 bits per heavy atom. The highest BCUT2D eigenvalue weighted by atomic mass is 35.5. The first-order valence-electron chi connectivity index (χ1n) is 8.51. The van der Waals surface area contributed by atoms with E-state index in [1.807, 2.05) is 10.1 Å². The Hall–Kier alpha value is -4.01. The summed E-state index contributed by atoms with van der Waals surface area (Å²) in [6.07, 6.45) is 0.999. The Labute approximate surface area is 185 Å². The summed E-state index contributed by atoms with van der Waals surface area (Å²) >= 11 is 12.4. The summed E-state index contributed by atoms with van der Waals surface area (Å²) in [5, 5.41) is 13.1. The number of H-pyrrole nitrogens is 2. The molecule has 0 saturated carbocycles. The Kier molecular flexibility index (Phi) is 5.25. The first-order chi connectivity index (χ1) is 15.2. The number of aromatic nitrogens is 4. The third-order valence-electron chi connectivity index (χ3n) is 4.33. The van der Waals surface area contributed by atoms with Gasteiger partial charge in [0.2, 0.25) is 5.88 Å². The van der Waals surface area contributed by atoms with Crippen molar-refractivity contribution in [2.75, 3.05) is 0 Å². The van der Waals surface area contributed by atoms with Gasteiger partial charge < -0.3 is 4.74 Å². The van der Waals surface area contributed by atoms with Gasteiger partial charge in [-0.05, 0) is 24.3 Å². The van der Waals surface area contributed by atoms with Gasteiger partial charge >= 0.3 is 5.69 Å². The fourth-order valence-corrected chi connectivity index (χ4v) is 3.45. The minimum Gasteiger partial charge on any atom is -0.434 e. The Morgan fingerprint density at radius 1 is 1.03 bits per heavy atom. The third-order valence-corrected chi connectivity index (χ3v) is 4.89. The number of rotatable bonds is 3. The molecule has 32 heavy (non-hydrogen) atoms. The second-order valence-electron chi connectivity index (χ2n) is 6.26. The Morgan fingerprint density at radius 2 is 1.66 bits per heavy atom. The zero-order chi connectivity index (χ0) is 23.2. The van der Waals surface area contributed by atoms with E-state index in [-0.39, 0.29) is 27.0 Å². The average molecular weight is 478 g/mol. The number of aromatic amines is 2. The van der Waals surface area contributed by atoms with Gasteiger partial charge in [0.05, 0.1) is 26.5 Å². The highest BCUT2D eigenvalue weighted by Gasteiger charge is 2.20. The summed E-state index contributed by atoms with van der Waals surface area (Å²) in [5.41, 5.74) is -2.96. The molecule has 2 aromatic heterocycles. The number of fused-ring (bicyclic) bond motifs is 1. The standard InChI is InChI=1S/C19H7Cl2F2N5O4/c20-9-3-8(28-6-7(5-24)16(29)25-19(28)31)4-10(21)15(9)32-18-14-12(23)2-1-11(22)13(14)17(30)26-27-18/h1-4,6H,(H,26,30)(H,25,29,31). The van der Waals surface area contributed by atoms with Gasteiger partial charge in [0, 0.05) is 6.20 Å². The summed E-state index contributed by atoms with van der Waals surface area (Å²) < 4.78 is 34.8. The molecule has 0 atom stereocenters. The lowest BCUT2D eigenvalue weighted by Crippen LogP contribution is -2.30. The van der Waals surface area contributed by atoms with Crippen molar-refractivity contribution in [3.63, 3.8) is 0 Å². The molecule has 0 fully saturated rings. The predicted octanol–water partition coefficient (Wildman–Crippen LogP) is 3.01. The SMILES string of the molecule is N#Cc1cn(-c2cc(Cl)c(Oc3n[nH]c(=O)c4c(F)ccc(F)c34)c(Cl)c2)c(=O)[nH]c1=O. The second kappa shape index (κ2) is 7.92. The van der Waals surface area contributed by atoms with Crippen LogP contribution >= 0.6 is 23.2 Å². The van der Waals surface area contributed by atoms with E-state index in [2.05, 4.69) is 5.10 Å². The van der Waals surface area contributed by atoms with E-state index in [4.69, 9.17) is 33.2 Å². The lowest BCUT2D eigenvalue weighted by Gasteiger charge is -2.13. The number of hydrogen-bond donors (Lipinski definition) is 2. The highest BCUT2D eigenvalue weighted by molar-refractivity contribution is 6.37. The molecule has 0 aliphatic carbocycles. The van der Waals surface area contributed by atoms with E-state index < -0.39 is 45.1 Å². The van der Waals surface area contributed by atoms with Gasteiger partial charge in [0.15, 0.2) is 5.75 Å². The van der Waals surface area contributed by atoms with Crippen LogP contribution in [-0.2, 0) is 0 Å². The number of nitrogens with zero attached hydrogens (tertiary/aromatic N) is 3. The number of nitrogens with one attached hydrogen (secondary N) is 2. The molecule has 4 aromatic rings. The molecule has 0 saturated heterocycles. The van der Waals surface area contributed by atoms with Crippen molar-refractivity contribution in [2.45, 2.75) is 0 Å². The first-order valence-corrected chi connectivity index (χ1v) is 9.26. The zero-order valence-electron chi connectivity index (χ0n) is 15.4. The van der Waals surface area contributed by atoms with Gasteiger partial charge in [0.25, 0.3) is 11.1 Å². The minimum absolute atomic E-state index is 0.0709. The fourth-order valence-electron chi connectivity index (χ4n) is 2.89. The second-order valence-corrected chi connectivity index (χ2v) is 7.08. The van der Waals surface area contributed by atoms with E-state index in [0.717, 1.165) is 22.9 Å². The number of hydrogen-bond acceptors (Lipinski definition) is 6. The average Bonchev–Trinajstić information content (AvgIpc) is 2.74. The van der Waals surface area contributed by atoms with Crippen LogP contribution in [-0.4, -0.2) is 19.7 Å². The normalized spacial score (nSPS) is 10.8. The van der Waals surface area contributed by atoms with Crippen molar-refractivity contribution >= 4 is 34.0 Å². The lowest BCUT2D eigenvalue weighted by molar-refractivity contribution is 0.458. The maximum Gasteiger partial charge on any atom is 0.332 e. The topological polar surface area (TPSA) is 134 Å². The molecule has 160 valence electrons. The molecule has 0 radical (unpaired) electrons.